The van der Waals surface area contributed by atoms with Crippen LogP contribution >= 0.6 is 11.6 Å². The van der Waals surface area contributed by atoms with E-state index in [1.807, 2.05) is 0 Å². The quantitative estimate of drug-likeness (QED) is 0.892. The minimum atomic E-state index is -0.397. The lowest BCUT2D eigenvalue weighted by molar-refractivity contribution is 0.498. The normalized spacial score (nSPS) is 18.6. The summed E-state index contributed by atoms with van der Waals surface area (Å²) in [5.74, 6) is 0.113. The first kappa shape index (κ1) is 12.6. The van der Waals surface area contributed by atoms with E-state index >= 15 is 0 Å². The summed E-state index contributed by atoms with van der Waals surface area (Å²) in [5, 5.41) is 0.141. The standard InChI is InChI=1S/C16H15ClFN/c17-14-8-11(5-6-15(14)18)16(19)9-12-7-10-3-1-2-4-13(10)12/h1-6,8,12,16H,7,9,19H2. The van der Waals surface area contributed by atoms with E-state index in [0.717, 1.165) is 18.4 Å². The molecule has 3 rings (SSSR count). The average Bonchev–Trinajstić information content (AvgIpc) is 2.39. The molecule has 19 heavy (non-hydrogen) atoms. The van der Waals surface area contributed by atoms with Gasteiger partial charge in [-0.15, -0.1) is 0 Å². The van der Waals surface area contributed by atoms with Crippen LogP contribution in [0.3, 0.4) is 0 Å². The summed E-state index contributed by atoms with van der Waals surface area (Å²) in [6.45, 7) is 0. The molecule has 0 aromatic heterocycles. The predicted octanol–water partition coefficient (Wildman–Crippen LogP) is 4.21. The van der Waals surface area contributed by atoms with Crippen molar-refractivity contribution in [2.45, 2.75) is 24.8 Å². The zero-order valence-corrected chi connectivity index (χ0v) is 11.2. The van der Waals surface area contributed by atoms with Gasteiger partial charge in [0, 0.05) is 6.04 Å². The van der Waals surface area contributed by atoms with Crippen molar-refractivity contribution in [3.8, 4) is 0 Å². The molecule has 0 saturated heterocycles. The molecule has 0 fully saturated rings. The first-order valence-corrected chi connectivity index (χ1v) is 6.81. The fourth-order valence-corrected chi connectivity index (χ4v) is 2.95. The highest BCUT2D eigenvalue weighted by molar-refractivity contribution is 6.30. The number of fused-ring (bicyclic) bond motifs is 1. The maximum absolute atomic E-state index is 13.1. The average molecular weight is 276 g/mol. The minimum absolute atomic E-state index is 0.101. The Bertz CT molecular complexity index is 611. The van der Waals surface area contributed by atoms with E-state index in [1.54, 1.807) is 12.1 Å². The monoisotopic (exact) mass is 275 g/mol. The second-order valence-electron chi connectivity index (χ2n) is 5.12. The molecule has 0 saturated carbocycles. The van der Waals surface area contributed by atoms with E-state index in [4.69, 9.17) is 17.3 Å². The van der Waals surface area contributed by atoms with Gasteiger partial charge in [-0.1, -0.05) is 41.9 Å². The van der Waals surface area contributed by atoms with E-state index < -0.39 is 5.82 Å². The third-order valence-corrected chi connectivity index (χ3v) is 4.16. The minimum Gasteiger partial charge on any atom is -0.324 e. The number of halogens is 2. The van der Waals surface area contributed by atoms with Crippen LogP contribution in [0.2, 0.25) is 5.02 Å². The van der Waals surface area contributed by atoms with E-state index in [2.05, 4.69) is 24.3 Å². The zero-order chi connectivity index (χ0) is 13.4. The van der Waals surface area contributed by atoms with Crippen molar-refractivity contribution in [3.05, 3.63) is 70.0 Å². The van der Waals surface area contributed by atoms with E-state index in [9.17, 15) is 4.39 Å². The Hall–Kier alpha value is -1.38. The number of rotatable bonds is 3. The summed E-state index contributed by atoms with van der Waals surface area (Å²) in [6.07, 6.45) is 1.96. The molecule has 98 valence electrons. The SMILES string of the molecule is NC(CC1Cc2ccccc21)c1ccc(F)c(Cl)c1. The molecule has 1 aliphatic carbocycles. The molecule has 2 N–H and O–H groups in total. The molecule has 3 heteroatoms. The van der Waals surface area contributed by atoms with Gasteiger partial charge in [0.15, 0.2) is 0 Å². The molecule has 2 unspecified atom stereocenters. The first-order chi connectivity index (χ1) is 9.15. The summed E-state index contributed by atoms with van der Waals surface area (Å²) in [5.41, 5.74) is 9.91. The van der Waals surface area contributed by atoms with E-state index in [-0.39, 0.29) is 11.1 Å². The second-order valence-corrected chi connectivity index (χ2v) is 5.52. The van der Waals surface area contributed by atoms with Crippen LogP contribution in [0.4, 0.5) is 4.39 Å². The smallest absolute Gasteiger partial charge is 0.141 e. The Labute approximate surface area is 117 Å². The third-order valence-electron chi connectivity index (χ3n) is 3.87. The maximum atomic E-state index is 13.1. The van der Waals surface area contributed by atoms with Crippen LogP contribution in [0.15, 0.2) is 42.5 Å². The van der Waals surface area contributed by atoms with Gasteiger partial charge in [-0.25, -0.2) is 4.39 Å². The van der Waals surface area contributed by atoms with Crippen molar-refractivity contribution in [2.24, 2.45) is 5.73 Å². The molecule has 0 radical (unpaired) electrons. The lowest BCUT2D eigenvalue weighted by atomic mass is 9.74. The fourth-order valence-electron chi connectivity index (χ4n) is 2.76. The molecule has 0 amide bonds. The molecular formula is C16H15ClFN. The largest absolute Gasteiger partial charge is 0.324 e. The maximum Gasteiger partial charge on any atom is 0.141 e. The molecule has 1 aliphatic rings. The molecule has 1 nitrogen and oxygen atoms in total. The third kappa shape index (κ3) is 2.38. The summed E-state index contributed by atoms with van der Waals surface area (Å²) in [7, 11) is 0. The van der Waals surface area contributed by atoms with Crippen molar-refractivity contribution >= 4 is 11.6 Å². The Balaban J connectivity index is 1.73. The summed E-state index contributed by atoms with van der Waals surface area (Å²) in [4.78, 5) is 0. The van der Waals surface area contributed by atoms with Gasteiger partial charge in [0.25, 0.3) is 0 Å². The highest BCUT2D eigenvalue weighted by Crippen LogP contribution is 2.40. The molecular weight excluding hydrogens is 261 g/mol. The van der Waals surface area contributed by atoms with Gasteiger partial charge in [-0.05, 0) is 47.6 Å². The zero-order valence-electron chi connectivity index (χ0n) is 10.4. The van der Waals surface area contributed by atoms with Crippen molar-refractivity contribution in [2.75, 3.05) is 0 Å². The highest BCUT2D eigenvalue weighted by atomic mass is 35.5. The molecule has 2 aromatic carbocycles. The van der Waals surface area contributed by atoms with Crippen LogP contribution < -0.4 is 5.73 Å². The van der Waals surface area contributed by atoms with Crippen LogP contribution in [0, 0.1) is 5.82 Å². The molecule has 0 spiro atoms. The highest BCUT2D eigenvalue weighted by Gasteiger charge is 2.27. The number of benzene rings is 2. The van der Waals surface area contributed by atoms with Crippen LogP contribution in [0.25, 0.3) is 0 Å². The first-order valence-electron chi connectivity index (χ1n) is 6.43. The molecule has 2 aromatic rings. The van der Waals surface area contributed by atoms with Crippen LogP contribution in [0.1, 0.15) is 35.1 Å². The van der Waals surface area contributed by atoms with Gasteiger partial charge in [-0.3, -0.25) is 0 Å². The Kier molecular flexibility index (Phi) is 3.29. The van der Waals surface area contributed by atoms with Gasteiger partial charge in [-0.2, -0.15) is 0 Å². The van der Waals surface area contributed by atoms with Gasteiger partial charge in [0.05, 0.1) is 5.02 Å². The molecule has 0 heterocycles. The lowest BCUT2D eigenvalue weighted by Gasteiger charge is -2.32. The number of hydrogen-bond acceptors (Lipinski definition) is 1. The van der Waals surface area contributed by atoms with Crippen LogP contribution in [0.5, 0.6) is 0 Å². The van der Waals surface area contributed by atoms with Gasteiger partial charge in [0.2, 0.25) is 0 Å². The summed E-state index contributed by atoms with van der Waals surface area (Å²) in [6, 6.07) is 13.1. The fraction of sp³-hybridized carbons (Fsp3) is 0.250. The van der Waals surface area contributed by atoms with E-state index in [0.29, 0.717) is 5.92 Å². The van der Waals surface area contributed by atoms with Crippen molar-refractivity contribution in [1.82, 2.24) is 0 Å². The van der Waals surface area contributed by atoms with Crippen LogP contribution in [-0.2, 0) is 6.42 Å². The molecule has 0 aliphatic heterocycles. The molecule has 0 bridgehead atoms. The summed E-state index contributed by atoms with van der Waals surface area (Å²) >= 11 is 5.79. The molecule has 2 atom stereocenters. The van der Waals surface area contributed by atoms with Gasteiger partial charge in [0.1, 0.15) is 5.82 Å². The lowest BCUT2D eigenvalue weighted by Crippen LogP contribution is -2.22. The number of hydrogen-bond donors (Lipinski definition) is 1. The van der Waals surface area contributed by atoms with E-state index in [1.165, 1.54) is 17.2 Å². The number of nitrogens with two attached hydrogens (primary N) is 1. The predicted molar refractivity (Wildman–Crippen MR) is 75.8 cm³/mol. The summed E-state index contributed by atoms with van der Waals surface area (Å²) < 4.78 is 13.1. The van der Waals surface area contributed by atoms with Crippen molar-refractivity contribution in [1.29, 1.82) is 0 Å². The Morgan fingerprint density at radius 3 is 2.79 bits per heavy atom. The van der Waals surface area contributed by atoms with Gasteiger partial charge >= 0.3 is 0 Å². The van der Waals surface area contributed by atoms with Crippen molar-refractivity contribution in [3.63, 3.8) is 0 Å². The Morgan fingerprint density at radius 1 is 1.26 bits per heavy atom. The second kappa shape index (κ2) is 4.95. The Morgan fingerprint density at radius 2 is 2.05 bits per heavy atom. The van der Waals surface area contributed by atoms with Crippen molar-refractivity contribution < 1.29 is 4.39 Å². The topological polar surface area (TPSA) is 26.0 Å². The van der Waals surface area contributed by atoms with Gasteiger partial charge < -0.3 is 5.73 Å². The van der Waals surface area contributed by atoms with Crippen LogP contribution in [-0.4, -0.2) is 0 Å².